The lowest BCUT2D eigenvalue weighted by atomic mass is 10.4. The topological polar surface area (TPSA) is 54.5 Å². The molecular formula is C9H8N4. The number of aromatic amines is 1. The lowest BCUT2D eigenvalue weighted by molar-refractivity contribution is 1.15. The number of hydrogen-bond acceptors (Lipinski definition) is 3. The van der Waals surface area contributed by atoms with Crippen molar-refractivity contribution in [3.8, 4) is 11.5 Å². The number of nitrogens with zero attached hydrogens (tertiary/aromatic N) is 3. The van der Waals surface area contributed by atoms with Crippen molar-refractivity contribution in [2.24, 2.45) is 0 Å². The molecule has 4 nitrogen and oxygen atoms in total. The summed E-state index contributed by atoms with van der Waals surface area (Å²) in [5.41, 5.74) is 0.732. The van der Waals surface area contributed by atoms with Crippen LogP contribution in [-0.2, 0) is 0 Å². The van der Waals surface area contributed by atoms with Crippen LogP contribution in [0, 0.1) is 0 Å². The Hall–Kier alpha value is -1.97. The summed E-state index contributed by atoms with van der Waals surface area (Å²) in [6.07, 6.45) is 6.77. The molecule has 64 valence electrons. The Labute approximate surface area is 75.4 Å². The van der Waals surface area contributed by atoms with Crippen molar-refractivity contribution in [3.05, 3.63) is 37.1 Å². The Bertz CT molecular complexity index is 405. The van der Waals surface area contributed by atoms with E-state index in [4.69, 9.17) is 0 Å². The highest BCUT2D eigenvalue weighted by Crippen LogP contribution is 2.10. The van der Waals surface area contributed by atoms with Crippen molar-refractivity contribution < 1.29 is 0 Å². The number of rotatable bonds is 2. The summed E-state index contributed by atoms with van der Waals surface area (Å²) < 4.78 is 0. The van der Waals surface area contributed by atoms with Crippen LogP contribution in [0.3, 0.4) is 0 Å². The van der Waals surface area contributed by atoms with Crippen LogP contribution < -0.4 is 0 Å². The standard InChI is InChI=1S/C9H8N4/c1-2-8-12-6-7(13-8)9-10-4-3-5-11-9/h2-6H,1H2,(H,12,13). The quantitative estimate of drug-likeness (QED) is 0.747. The highest BCUT2D eigenvalue weighted by atomic mass is 15.0. The number of imidazole rings is 1. The summed E-state index contributed by atoms with van der Waals surface area (Å²) >= 11 is 0. The number of nitrogens with one attached hydrogen (secondary N) is 1. The van der Waals surface area contributed by atoms with Crippen molar-refractivity contribution in [1.82, 2.24) is 19.9 Å². The molecule has 2 heterocycles. The molecule has 0 amide bonds. The first-order valence-electron chi connectivity index (χ1n) is 3.85. The largest absolute Gasteiger partial charge is 0.344 e. The smallest absolute Gasteiger partial charge is 0.179 e. The van der Waals surface area contributed by atoms with E-state index in [0.717, 1.165) is 11.5 Å². The maximum Gasteiger partial charge on any atom is 0.179 e. The molecule has 0 saturated heterocycles. The fourth-order valence-corrected chi connectivity index (χ4v) is 0.987. The summed E-state index contributed by atoms with van der Waals surface area (Å²) in [6.45, 7) is 3.60. The molecule has 0 aliphatic heterocycles. The fraction of sp³-hybridized carbons (Fsp3) is 0. The van der Waals surface area contributed by atoms with Gasteiger partial charge in [0.15, 0.2) is 5.82 Å². The molecule has 2 rings (SSSR count). The number of H-pyrrole nitrogens is 1. The van der Waals surface area contributed by atoms with Gasteiger partial charge < -0.3 is 4.98 Å². The first-order chi connectivity index (χ1) is 6.40. The minimum absolute atomic E-state index is 0.617. The molecule has 0 fully saturated rings. The zero-order valence-electron chi connectivity index (χ0n) is 6.94. The van der Waals surface area contributed by atoms with E-state index in [1.165, 1.54) is 0 Å². The van der Waals surface area contributed by atoms with E-state index >= 15 is 0 Å². The summed E-state index contributed by atoms with van der Waals surface area (Å²) in [7, 11) is 0. The van der Waals surface area contributed by atoms with E-state index in [1.807, 2.05) is 0 Å². The van der Waals surface area contributed by atoms with Crippen molar-refractivity contribution in [3.63, 3.8) is 0 Å². The van der Waals surface area contributed by atoms with E-state index in [0.29, 0.717) is 5.82 Å². The van der Waals surface area contributed by atoms with Crippen LogP contribution in [0.25, 0.3) is 17.6 Å². The number of hydrogen-bond donors (Lipinski definition) is 1. The van der Waals surface area contributed by atoms with Gasteiger partial charge in [-0.1, -0.05) is 6.58 Å². The maximum absolute atomic E-state index is 4.20. The van der Waals surface area contributed by atoms with Crippen molar-refractivity contribution in [2.45, 2.75) is 0 Å². The van der Waals surface area contributed by atoms with E-state index in [2.05, 4.69) is 26.5 Å². The van der Waals surface area contributed by atoms with E-state index in [-0.39, 0.29) is 0 Å². The van der Waals surface area contributed by atoms with Crippen LogP contribution in [0.4, 0.5) is 0 Å². The molecule has 0 aliphatic rings. The van der Waals surface area contributed by atoms with Crippen LogP contribution in [0.15, 0.2) is 31.2 Å². The van der Waals surface area contributed by atoms with Gasteiger partial charge in [0, 0.05) is 18.6 Å². The maximum atomic E-state index is 4.20. The minimum atomic E-state index is 0.617. The van der Waals surface area contributed by atoms with Gasteiger partial charge in [-0.25, -0.2) is 15.0 Å². The molecule has 0 aromatic carbocycles. The molecule has 2 aromatic heterocycles. The lowest BCUT2D eigenvalue weighted by Gasteiger charge is -1.90. The molecule has 0 aliphatic carbocycles. The van der Waals surface area contributed by atoms with Gasteiger partial charge >= 0.3 is 0 Å². The molecule has 4 heteroatoms. The highest BCUT2D eigenvalue weighted by molar-refractivity contribution is 5.50. The van der Waals surface area contributed by atoms with E-state index in [1.54, 1.807) is 30.7 Å². The van der Waals surface area contributed by atoms with Gasteiger partial charge in [-0.3, -0.25) is 0 Å². The van der Waals surface area contributed by atoms with Crippen LogP contribution in [0.1, 0.15) is 5.82 Å². The van der Waals surface area contributed by atoms with Crippen LogP contribution in [0.5, 0.6) is 0 Å². The number of aromatic nitrogens is 4. The van der Waals surface area contributed by atoms with Gasteiger partial charge in [-0.15, -0.1) is 0 Å². The zero-order chi connectivity index (χ0) is 9.10. The van der Waals surface area contributed by atoms with Crippen LogP contribution in [0.2, 0.25) is 0 Å². The van der Waals surface area contributed by atoms with Gasteiger partial charge in [-0.05, 0) is 12.1 Å². The molecule has 0 unspecified atom stereocenters. The molecule has 1 N–H and O–H groups in total. The third-order valence-electron chi connectivity index (χ3n) is 1.59. The summed E-state index contributed by atoms with van der Waals surface area (Å²) in [6, 6.07) is 1.77. The zero-order valence-corrected chi connectivity index (χ0v) is 6.94. The summed E-state index contributed by atoms with van der Waals surface area (Å²) in [5, 5.41) is 0. The molecule has 0 saturated carbocycles. The molecule has 0 atom stereocenters. The first kappa shape index (κ1) is 7.67. The Morgan fingerprint density at radius 1 is 1.31 bits per heavy atom. The van der Waals surface area contributed by atoms with Gasteiger partial charge in [-0.2, -0.15) is 0 Å². The van der Waals surface area contributed by atoms with Crippen molar-refractivity contribution >= 4 is 6.08 Å². The molecule has 0 radical (unpaired) electrons. The summed E-state index contributed by atoms with van der Waals surface area (Å²) in [4.78, 5) is 15.3. The monoisotopic (exact) mass is 172 g/mol. The molecule has 0 spiro atoms. The second-order valence-corrected chi connectivity index (χ2v) is 2.45. The Morgan fingerprint density at radius 3 is 2.69 bits per heavy atom. The van der Waals surface area contributed by atoms with Gasteiger partial charge in [0.1, 0.15) is 11.5 Å². The minimum Gasteiger partial charge on any atom is -0.344 e. The van der Waals surface area contributed by atoms with Crippen molar-refractivity contribution in [1.29, 1.82) is 0 Å². The molecule has 13 heavy (non-hydrogen) atoms. The second-order valence-electron chi connectivity index (χ2n) is 2.45. The summed E-state index contributed by atoms with van der Waals surface area (Å²) in [5.74, 6) is 1.34. The fourth-order valence-electron chi connectivity index (χ4n) is 0.987. The van der Waals surface area contributed by atoms with Gasteiger partial charge in [0.2, 0.25) is 0 Å². The average Bonchev–Trinajstić information content (AvgIpc) is 2.67. The SMILES string of the molecule is C=Cc1nc(-c2ncccn2)c[nH]1. The Morgan fingerprint density at radius 2 is 2.08 bits per heavy atom. The van der Waals surface area contributed by atoms with Crippen LogP contribution >= 0.6 is 0 Å². The average molecular weight is 172 g/mol. The highest BCUT2D eigenvalue weighted by Gasteiger charge is 2.02. The third-order valence-corrected chi connectivity index (χ3v) is 1.59. The van der Waals surface area contributed by atoms with E-state index in [9.17, 15) is 0 Å². The second kappa shape index (κ2) is 3.18. The molecular weight excluding hydrogens is 164 g/mol. The Kier molecular flexibility index (Phi) is 1.88. The van der Waals surface area contributed by atoms with E-state index < -0.39 is 0 Å². The van der Waals surface area contributed by atoms with Gasteiger partial charge in [0.05, 0.1) is 0 Å². The first-order valence-corrected chi connectivity index (χ1v) is 3.85. The van der Waals surface area contributed by atoms with Crippen LogP contribution in [-0.4, -0.2) is 19.9 Å². The normalized spacial score (nSPS) is 9.85. The molecule has 2 aromatic rings. The predicted octanol–water partition coefficient (Wildman–Crippen LogP) is 1.51. The lowest BCUT2D eigenvalue weighted by Crippen LogP contribution is -1.86. The van der Waals surface area contributed by atoms with Gasteiger partial charge in [0.25, 0.3) is 0 Å². The third kappa shape index (κ3) is 1.46. The molecule has 0 bridgehead atoms. The predicted molar refractivity (Wildman–Crippen MR) is 49.7 cm³/mol. The van der Waals surface area contributed by atoms with Crippen molar-refractivity contribution in [2.75, 3.05) is 0 Å². The Balaban J connectivity index is 2.41.